The molecule has 1 fully saturated rings. The smallest absolute Gasteiger partial charge is 0.240 e. The highest BCUT2D eigenvalue weighted by Crippen LogP contribution is 2.20. The molecule has 52 valence electrons. The molecule has 0 aromatic heterocycles. The molecule has 1 heterocycles. The molecule has 0 radical (unpaired) electrons. The van der Waals surface area contributed by atoms with Crippen molar-refractivity contribution in [1.29, 1.82) is 0 Å². The van der Waals surface area contributed by atoms with Crippen molar-refractivity contribution in [2.24, 2.45) is 0 Å². The summed E-state index contributed by atoms with van der Waals surface area (Å²) >= 11 is 10.8. The second-order valence-electron chi connectivity index (χ2n) is 2.09. The predicted octanol–water partition coefficient (Wildman–Crippen LogP) is 1.37. The number of rotatable bonds is 1. The van der Waals surface area contributed by atoms with E-state index >= 15 is 0 Å². The number of hydrogen-bond donors (Lipinski definition) is 0. The van der Waals surface area contributed by atoms with Crippen molar-refractivity contribution in [2.45, 2.75) is 18.9 Å². The molecule has 1 saturated heterocycles. The highest BCUT2D eigenvalue weighted by Gasteiger charge is 2.27. The van der Waals surface area contributed by atoms with Gasteiger partial charge < -0.3 is 0 Å². The molecule has 1 unspecified atom stereocenters. The molecule has 0 aliphatic carbocycles. The minimum Gasteiger partial charge on any atom is -0.279 e. The first-order valence-corrected chi connectivity index (χ1v) is 3.55. The van der Waals surface area contributed by atoms with Crippen LogP contribution >= 0.6 is 23.4 Å². The van der Waals surface area contributed by atoms with E-state index in [1.54, 1.807) is 0 Å². The molecule has 4 heteroatoms. The third-order valence-electron chi connectivity index (χ3n) is 1.45. The van der Waals surface area contributed by atoms with Crippen LogP contribution in [0, 0.1) is 0 Å². The monoisotopic (exact) mass is 167 g/mol. The van der Waals surface area contributed by atoms with Gasteiger partial charge in [-0.05, 0) is 36.2 Å². The van der Waals surface area contributed by atoms with E-state index in [0.717, 1.165) is 19.4 Å². The highest BCUT2D eigenvalue weighted by atomic mass is 35.5. The zero-order chi connectivity index (χ0) is 6.85. The summed E-state index contributed by atoms with van der Waals surface area (Å²) in [7, 11) is 0. The molecule has 1 aliphatic rings. The minimum atomic E-state index is -0.345. The Kier molecular flexibility index (Phi) is 2.33. The largest absolute Gasteiger partial charge is 0.279 e. The van der Waals surface area contributed by atoms with Crippen LogP contribution < -0.4 is 0 Å². The van der Waals surface area contributed by atoms with Crippen LogP contribution in [0.4, 0.5) is 0 Å². The number of carbonyl (C=O) groups excluding carboxylic acids is 1. The summed E-state index contributed by atoms with van der Waals surface area (Å²) in [4.78, 5) is 10.5. The lowest BCUT2D eigenvalue weighted by molar-refractivity contribution is -0.114. The van der Waals surface area contributed by atoms with Gasteiger partial charge in [-0.15, -0.1) is 0 Å². The molecule has 2 nitrogen and oxygen atoms in total. The van der Waals surface area contributed by atoms with E-state index in [4.69, 9.17) is 23.4 Å². The van der Waals surface area contributed by atoms with E-state index in [2.05, 4.69) is 0 Å². The van der Waals surface area contributed by atoms with Crippen LogP contribution in [0.3, 0.4) is 0 Å². The first kappa shape index (κ1) is 7.32. The summed E-state index contributed by atoms with van der Waals surface area (Å²) in [5.41, 5.74) is 0. The number of carbonyl (C=O) groups is 1. The van der Waals surface area contributed by atoms with Crippen molar-refractivity contribution >= 4 is 28.6 Å². The van der Waals surface area contributed by atoms with E-state index in [0.29, 0.717) is 0 Å². The SMILES string of the molecule is O=C(Cl)C1CCCN1Cl. The van der Waals surface area contributed by atoms with E-state index in [1.165, 1.54) is 4.42 Å². The zero-order valence-electron chi connectivity index (χ0n) is 4.81. The quantitative estimate of drug-likeness (QED) is 0.435. The fourth-order valence-electron chi connectivity index (χ4n) is 0.955. The van der Waals surface area contributed by atoms with Gasteiger partial charge in [0.15, 0.2) is 0 Å². The van der Waals surface area contributed by atoms with Crippen molar-refractivity contribution in [3.05, 3.63) is 0 Å². The molecule has 0 saturated carbocycles. The van der Waals surface area contributed by atoms with Crippen molar-refractivity contribution < 1.29 is 4.79 Å². The summed E-state index contributed by atoms with van der Waals surface area (Å²) in [6.07, 6.45) is 1.76. The van der Waals surface area contributed by atoms with E-state index in [1.807, 2.05) is 0 Å². The number of hydrogen-bond acceptors (Lipinski definition) is 2. The lowest BCUT2D eigenvalue weighted by Crippen LogP contribution is -2.25. The topological polar surface area (TPSA) is 20.3 Å². The first-order valence-electron chi connectivity index (χ1n) is 2.83. The average molecular weight is 168 g/mol. The zero-order valence-corrected chi connectivity index (χ0v) is 6.32. The standard InChI is InChI=1S/C5H7Cl2NO/c6-5(9)4-2-1-3-8(4)7/h4H,1-3H2. The van der Waals surface area contributed by atoms with Gasteiger partial charge in [0.1, 0.15) is 0 Å². The first-order chi connectivity index (χ1) is 4.22. The van der Waals surface area contributed by atoms with Gasteiger partial charge in [0.25, 0.3) is 0 Å². The Hall–Kier alpha value is 0.210. The molecule has 0 spiro atoms. The van der Waals surface area contributed by atoms with Crippen molar-refractivity contribution in [1.82, 2.24) is 4.42 Å². The van der Waals surface area contributed by atoms with E-state index in [9.17, 15) is 4.79 Å². The van der Waals surface area contributed by atoms with Gasteiger partial charge in [-0.1, -0.05) is 0 Å². The summed E-state index contributed by atoms with van der Waals surface area (Å²) in [6.45, 7) is 0.769. The van der Waals surface area contributed by atoms with Gasteiger partial charge in [0.05, 0.1) is 6.04 Å². The van der Waals surface area contributed by atoms with Gasteiger partial charge >= 0.3 is 0 Å². The molecule has 0 N–H and O–H groups in total. The van der Waals surface area contributed by atoms with Crippen molar-refractivity contribution in [2.75, 3.05) is 6.54 Å². The summed E-state index contributed by atoms with van der Waals surface area (Å²) in [5, 5.41) is -0.345. The highest BCUT2D eigenvalue weighted by molar-refractivity contribution is 6.65. The Morgan fingerprint density at radius 1 is 1.67 bits per heavy atom. The van der Waals surface area contributed by atoms with Gasteiger partial charge in [-0.3, -0.25) is 4.79 Å². The summed E-state index contributed by atoms with van der Waals surface area (Å²) < 4.78 is 1.47. The van der Waals surface area contributed by atoms with Crippen LogP contribution in [0.2, 0.25) is 0 Å². The van der Waals surface area contributed by atoms with Crippen LogP contribution in [-0.4, -0.2) is 22.2 Å². The van der Waals surface area contributed by atoms with E-state index < -0.39 is 0 Å². The van der Waals surface area contributed by atoms with Crippen molar-refractivity contribution in [3.8, 4) is 0 Å². The minimum absolute atomic E-state index is 0.242. The second-order valence-corrected chi connectivity index (χ2v) is 2.89. The number of halogens is 2. The average Bonchev–Trinajstić information content (AvgIpc) is 2.13. The lowest BCUT2D eigenvalue weighted by Gasteiger charge is -2.09. The summed E-state index contributed by atoms with van der Waals surface area (Å²) in [6, 6.07) is -0.242. The van der Waals surface area contributed by atoms with Crippen molar-refractivity contribution in [3.63, 3.8) is 0 Å². The van der Waals surface area contributed by atoms with Crippen LogP contribution in [0.15, 0.2) is 0 Å². The molecule has 0 aromatic rings. The lowest BCUT2D eigenvalue weighted by atomic mass is 10.2. The normalized spacial score (nSPS) is 28.9. The van der Waals surface area contributed by atoms with Gasteiger partial charge in [0, 0.05) is 6.54 Å². The third kappa shape index (κ3) is 1.57. The Bertz CT molecular complexity index is 128. The molecule has 0 aromatic carbocycles. The maximum atomic E-state index is 10.5. The maximum absolute atomic E-state index is 10.5. The molecule has 0 amide bonds. The Labute approximate surface area is 63.8 Å². The Balaban J connectivity index is 2.49. The Morgan fingerprint density at radius 2 is 2.33 bits per heavy atom. The fourth-order valence-corrected chi connectivity index (χ4v) is 1.54. The molecule has 1 atom stereocenters. The van der Waals surface area contributed by atoms with Crippen LogP contribution in [0.25, 0.3) is 0 Å². The Morgan fingerprint density at radius 3 is 2.56 bits per heavy atom. The van der Waals surface area contributed by atoms with Gasteiger partial charge in [0.2, 0.25) is 5.24 Å². The molecular formula is C5H7Cl2NO. The van der Waals surface area contributed by atoms with Crippen LogP contribution in [0.5, 0.6) is 0 Å². The predicted molar refractivity (Wildman–Crippen MR) is 36.4 cm³/mol. The molecule has 1 rings (SSSR count). The van der Waals surface area contributed by atoms with E-state index in [-0.39, 0.29) is 11.3 Å². The molecule has 1 aliphatic heterocycles. The number of nitrogens with zero attached hydrogens (tertiary/aromatic N) is 1. The summed E-state index contributed by atoms with van der Waals surface area (Å²) in [5.74, 6) is 0. The third-order valence-corrected chi connectivity index (χ3v) is 2.11. The van der Waals surface area contributed by atoms with Crippen LogP contribution in [-0.2, 0) is 4.79 Å². The van der Waals surface area contributed by atoms with Gasteiger partial charge in [-0.2, -0.15) is 0 Å². The molecule has 0 bridgehead atoms. The molecule has 9 heavy (non-hydrogen) atoms. The molecular weight excluding hydrogens is 161 g/mol. The maximum Gasteiger partial charge on any atom is 0.240 e. The fraction of sp³-hybridized carbons (Fsp3) is 0.800. The second kappa shape index (κ2) is 2.86. The van der Waals surface area contributed by atoms with Crippen LogP contribution in [0.1, 0.15) is 12.8 Å². The van der Waals surface area contributed by atoms with Gasteiger partial charge in [-0.25, -0.2) is 4.42 Å².